The summed E-state index contributed by atoms with van der Waals surface area (Å²) >= 11 is 0. The van der Waals surface area contributed by atoms with Crippen LogP contribution in [-0.4, -0.2) is 47.9 Å². The lowest BCUT2D eigenvalue weighted by molar-refractivity contribution is -0.141. The number of nitrogens with one attached hydrogen (secondary N) is 4. The monoisotopic (exact) mass is 630 g/mol. The first-order chi connectivity index (χ1) is 21.8. The van der Waals surface area contributed by atoms with Gasteiger partial charge in [0.25, 0.3) is 11.8 Å². The number of esters is 2. The fraction of sp³-hybridized carbons (Fsp3) is 0.444. The summed E-state index contributed by atoms with van der Waals surface area (Å²) in [6.45, 7) is 13.8. The van der Waals surface area contributed by atoms with Crippen LogP contribution >= 0.6 is 0 Å². The number of ether oxygens (including phenoxy) is 2. The van der Waals surface area contributed by atoms with Crippen LogP contribution in [0.25, 0.3) is 12.2 Å². The van der Waals surface area contributed by atoms with Crippen molar-refractivity contribution in [2.75, 3.05) is 14.2 Å². The molecule has 2 aliphatic heterocycles. The van der Waals surface area contributed by atoms with Crippen LogP contribution in [0, 0.1) is 13.8 Å². The highest BCUT2D eigenvalue weighted by Gasteiger charge is 2.27. The van der Waals surface area contributed by atoms with Gasteiger partial charge in [0.2, 0.25) is 0 Å². The van der Waals surface area contributed by atoms with E-state index in [1.165, 1.54) is 14.2 Å². The van der Waals surface area contributed by atoms with E-state index in [2.05, 4.69) is 20.6 Å². The lowest BCUT2D eigenvalue weighted by atomic mass is 9.91. The highest BCUT2D eigenvalue weighted by molar-refractivity contribution is 6.01. The van der Waals surface area contributed by atoms with E-state index < -0.39 is 0 Å². The van der Waals surface area contributed by atoms with Gasteiger partial charge in [0.05, 0.1) is 20.6 Å². The van der Waals surface area contributed by atoms with Crippen molar-refractivity contribution in [3.8, 4) is 0 Å². The summed E-state index contributed by atoms with van der Waals surface area (Å²) < 4.78 is 9.95. The molecule has 4 rings (SSSR count). The molecule has 2 aromatic rings. The zero-order chi connectivity index (χ0) is 33.9. The summed E-state index contributed by atoms with van der Waals surface area (Å²) in [7, 11) is 2.77. The van der Waals surface area contributed by atoms with E-state index >= 15 is 0 Å². The fourth-order valence-electron chi connectivity index (χ4n) is 6.65. The minimum Gasteiger partial charge on any atom is -0.469 e. The Labute approximate surface area is 270 Å². The van der Waals surface area contributed by atoms with Crippen molar-refractivity contribution in [2.24, 2.45) is 0 Å². The van der Waals surface area contributed by atoms with Crippen LogP contribution in [0.3, 0.4) is 0 Å². The lowest BCUT2D eigenvalue weighted by Gasteiger charge is -2.14. The van der Waals surface area contributed by atoms with Crippen molar-refractivity contribution < 1.29 is 28.7 Å². The molecule has 2 aliphatic rings. The Morgan fingerprint density at radius 3 is 1.76 bits per heavy atom. The van der Waals surface area contributed by atoms with Gasteiger partial charge < -0.3 is 30.1 Å². The maximum absolute atomic E-state index is 12.5. The number of carbonyl (C=O) groups excluding carboxylic acids is 4. The van der Waals surface area contributed by atoms with Crippen LogP contribution in [0.5, 0.6) is 0 Å². The van der Waals surface area contributed by atoms with E-state index in [-0.39, 0.29) is 42.5 Å². The molecule has 0 spiro atoms. The molecular weight excluding hydrogens is 584 g/mol. The molecule has 246 valence electrons. The molecule has 0 fully saturated rings. The minimum atomic E-state index is -0.300. The summed E-state index contributed by atoms with van der Waals surface area (Å²) in [6.07, 6.45) is 6.72. The smallest absolute Gasteiger partial charge is 0.306 e. The molecule has 10 nitrogen and oxygen atoms in total. The normalized spacial score (nSPS) is 17.3. The van der Waals surface area contributed by atoms with E-state index in [0.717, 1.165) is 67.6 Å². The molecule has 0 radical (unpaired) electrons. The zero-order valence-electron chi connectivity index (χ0n) is 28.4. The Morgan fingerprint density at radius 1 is 0.761 bits per heavy atom. The first-order valence-corrected chi connectivity index (χ1v) is 15.9. The largest absolute Gasteiger partial charge is 0.469 e. The van der Waals surface area contributed by atoms with Crippen molar-refractivity contribution in [1.82, 2.24) is 20.6 Å². The summed E-state index contributed by atoms with van der Waals surface area (Å²) in [5, 5.41) is 5.98. The molecule has 1 atom stereocenters. The molecule has 0 saturated carbocycles. The van der Waals surface area contributed by atoms with Crippen molar-refractivity contribution >= 4 is 35.9 Å². The number of H-pyrrole nitrogens is 2. The number of aromatic nitrogens is 2. The van der Waals surface area contributed by atoms with Gasteiger partial charge in [0.15, 0.2) is 0 Å². The fourth-order valence-corrected chi connectivity index (χ4v) is 6.65. The van der Waals surface area contributed by atoms with Crippen molar-refractivity contribution in [2.45, 2.75) is 92.9 Å². The maximum atomic E-state index is 12.5. The number of hydrogen-bond acceptors (Lipinski definition) is 6. The molecule has 0 aliphatic carbocycles. The van der Waals surface area contributed by atoms with Crippen LogP contribution in [0.4, 0.5) is 0 Å². The van der Waals surface area contributed by atoms with Crippen LogP contribution in [0.2, 0.25) is 0 Å². The number of hydrogen-bond donors (Lipinski definition) is 4. The Kier molecular flexibility index (Phi) is 10.6. The second kappa shape index (κ2) is 14.2. The molecule has 2 aromatic heterocycles. The van der Waals surface area contributed by atoms with Gasteiger partial charge in [0.1, 0.15) is 0 Å². The molecule has 4 heterocycles. The van der Waals surface area contributed by atoms with Gasteiger partial charge in [-0.3, -0.25) is 19.2 Å². The Morgan fingerprint density at radius 2 is 1.26 bits per heavy atom. The Bertz CT molecular complexity index is 1710. The second-order valence-corrected chi connectivity index (χ2v) is 12.0. The van der Waals surface area contributed by atoms with Gasteiger partial charge in [-0.25, -0.2) is 0 Å². The molecule has 2 amide bonds. The van der Waals surface area contributed by atoms with Crippen LogP contribution in [0.15, 0.2) is 33.7 Å². The van der Waals surface area contributed by atoms with Crippen molar-refractivity contribution in [1.29, 1.82) is 0 Å². The molecular formula is C36H46N4O6. The first kappa shape index (κ1) is 34.3. The topological polar surface area (TPSA) is 142 Å². The van der Waals surface area contributed by atoms with Crippen molar-refractivity contribution in [3.63, 3.8) is 0 Å². The highest BCUT2D eigenvalue weighted by atomic mass is 16.5. The molecule has 4 N–H and O–H groups in total. The summed E-state index contributed by atoms with van der Waals surface area (Å²) in [5.41, 5.74) is 12.4. The third kappa shape index (κ3) is 6.80. The number of carbonyl (C=O) groups is 4. The van der Waals surface area contributed by atoms with Crippen LogP contribution in [-0.2, 0) is 41.5 Å². The standard InChI is InChI=1S/C36H46N4O6/c1-10-23-20(5)35(43)39-28(23)15-26-19(4)25(12-13-32(41)45-8)30(37-26)17-31-34(18(3)14-33(42)46-9)22(7)27(38-31)16-29-24(11-2)21(6)36(44)40-29/h15-16,18,37-38H,10-14,17H2,1-9H3,(H,39,43)(H,40,44)/b28-15-,29-16-/t18-/m0/s1. The molecule has 10 heteroatoms. The number of amides is 2. The molecule has 0 aromatic carbocycles. The quantitative estimate of drug-likeness (QED) is 0.221. The molecule has 0 unspecified atom stereocenters. The maximum Gasteiger partial charge on any atom is 0.306 e. The zero-order valence-corrected chi connectivity index (χ0v) is 28.4. The molecule has 46 heavy (non-hydrogen) atoms. The third-order valence-corrected chi connectivity index (χ3v) is 9.30. The van der Waals surface area contributed by atoms with Gasteiger partial charge in [-0.1, -0.05) is 20.8 Å². The average Bonchev–Trinajstić information content (AvgIpc) is 3.68. The van der Waals surface area contributed by atoms with Gasteiger partial charge in [-0.05, 0) is 98.4 Å². The first-order valence-electron chi connectivity index (χ1n) is 15.9. The summed E-state index contributed by atoms with van der Waals surface area (Å²) in [5.74, 6) is -0.948. The van der Waals surface area contributed by atoms with Gasteiger partial charge >= 0.3 is 11.9 Å². The predicted octanol–water partition coefficient (Wildman–Crippen LogP) is 5.72. The van der Waals surface area contributed by atoms with Gasteiger partial charge in [-0.2, -0.15) is 0 Å². The number of allylic oxidation sites excluding steroid dienone is 2. The van der Waals surface area contributed by atoms with E-state index in [1.54, 1.807) is 0 Å². The van der Waals surface area contributed by atoms with E-state index in [9.17, 15) is 19.2 Å². The van der Waals surface area contributed by atoms with E-state index in [1.807, 2.05) is 60.6 Å². The summed E-state index contributed by atoms with van der Waals surface area (Å²) in [4.78, 5) is 56.7. The molecule has 0 bridgehead atoms. The predicted molar refractivity (Wildman–Crippen MR) is 177 cm³/mol. The lowest BCUT2D eigenvalue weighted by Crippen LogP contribution is -2.15. The number of methoxy groups -OCH3 is 2. The summed E-state index contributed by atoms with van der Waals surface area (Å²) in [6, 6.07) is 0. The van der Waals surface area contributed by atoms with Gasteiger partial charge in [-0.15, -0.1) is 0 Å². The second-order valence-electron chi connectivity index (χ2n) is 12.0. The minimum absolute atomic E-state index is 0.0964. The average molecular weight is 631 g/mol. The van der Waals surface area contributed by atoms with Crippen LogP contribution in [0.1, 0.15) is 111 Å². The van der Waals surface area contributed by atoms with Crippen molar-refractivity contribution in [3.05, 3.63) is 78.7 Å². The van der Waals surface area contributed by atoms with E-state index in [0.29, 0.717) is 36.8 Å². The highest BCUT2D eigenvalue weighted by Crippen LogP contribution is 2.35. The van der Waals surface area contributed by atoms with Crippen LogP contribution < -0.4 is 10.6 Å². The Balaban J connectivity index is 1.84. The van der Waals surface area contributed by atoms with E-state index in [4.69, 9.17) is 9.47 Å². The SMILES string of the molecule is CCC1=C(C)C(=O)N/C1=C\c1[nH]c(Cc2[nH]c(/C=C3\NC(=O)C(C)=C3CC)c(C)c2[C@@H](C)CC(=O)OC)c(CCC(=O)OC)c1C. The Hall–Kier alpha value is -4.60. The number of rotatable bonds is 12. The third-order valence-electron chi connectivity index (χ3n) is 9.30. The number of aromatic amines is 2. The van der Waals surface area contributed by atoms with Gasteiger partial charge in [0, 0.05) is 58.2 Å². The molecule has 0 saturated heterocycles.